The van der Waals surface area contributed by atoms with E-state index < -0.39 is 5.54 Å². The summed E-state index contributed by atoms with van der Waals surface area (Å²) in [7, 11) is 1.56. The van der Waals surface area contributed by atoms with E-state index in [2.05, 4.69) is 26.2 Å². The first-order valence-corrected chi connectivity index (χ1v) is 6.33. The van der Waals surface area contributed by atoms with E-state index in [-0.39, 0.29) is 12.5 Å². The number of carbonyl (C=O) groups excluding carboxylic acids is 1. The smallest absolute Gasteiger partial charge is 0.253 e. The van der Waals surface area contributed by atoms with Crippen LogP contribution in [0.4, 0.5) is 0 Å². The highest BCUT2D eigenvalue weighted by Gasteiger charge is 2.26. The summed E-state index contributed by atoms with van der Waals surface area (Å²) in [5, 5.41) is 11.9. The Morgan fingerprint density at radius 2 is 2.33 bits per heavy atom. The molecule has 0 saturated heterocycles. The third-order valence-electron chi connectivity index (χ3n) is 2.51. The van der Waals surface area contributed by atoms with Crippen molar-refractivity contribution in [3.63, 3.8) is 0 Å². The largest absolute Gasteiger partial charge is 0.396 e. The molecule has 0 spiro atoms. The Hall–Kier alpha value is -0.980. The number of hydrogen-bond donors (Lipinski definition) is 2. The maximum absolute atomic E-state index is 12.1. The third kappa shape index (κ3) is 4.36. The summed E-state index contributed by atoms with van der Waals surface area (Å²) in [4.78, 5) is 16.0. The number of ether oxygens (including phenoxy) is 1. The highest BCUT2D eigenvalue weighted by Crippen LogP contribution is 2.13. The number of rotatable bonds is 6. The Kier molecular flexibility index (Phi) is 5.71. The summed E-state index contributed by atoms with van der Waals surface area (Å²) < 4.78 is 5.81. The van der Waals surface area contributed by atoms with E-state index >= 15 is 0 Å². The summed E-state index contributed by atoms with van der Waals surface area (Å²) in [5.74, 6) is -0.239. The van der Waals surface area contributed by atoms with Gasteiger partial charge in [-0.1, -0.05) is 0 Å². The number of carbonyl (C=O) groups is 1. The minimum absolute atomic E-state index is 0.0170. The van der Waals surface area contributed by atoms with Gasteiger partial charge in [0, 0.05) is 30.6 Å². The lowest BCUT2D eigenvalue weighted by atomic mass is 9.99. The number of aliphatic hydroxyl groups excluding tert-OH is 1. The van der Waals surface area contributed by atoms with Crippen LogP contribution < -0.4 is 5.32 Å². The number of methoxy groups -OCH3 is 1. The molecular weight excluding hydrogens is 300 g/mol. The topological polar surface area (TPSA) is 71.5 Å². The molecule has 0 aliphatic rings. The van der Waals surface area contributed by atoms with Gasteiger partial charge in [0.25, 0.3) is 5.91 Å². The van der Waals surface area contributed by atoms with Crippen LogP contribution in [0.1, 0.15) is 23.7 Å². The SMILES string of the molecule is COCC(C)(CCO)NC(=O)c1cncc(Br)c1. The summed E-state index contributed by atoms with van der Waals surface area (Å²) in [6.45, 7) is 2.15. The van der Waals surface area contributed by atoms with Gasteiger partial charge in [-0.2, -0.15) is 0 Å². The normalized spacial score (nSPS) is 14.0. The zero-order valence-electron chi connectivity index (χ0n) is 10.4. The Labute approximate surface area is 115 Å². The van der Waals surface area contributed by atoms with Crippen molar-refractivity contribution in [1.29, 1.82) is 0 Å². The van der Waals surface area contributed by atoms with Crippen molar-refractivity contribution in [1.82, 2.24) is 10.3 Å². The quantitative estimate of drug-likeness (QED) is 0.831. The van der Waals surface area contributed by atoms with Crippen molar-refractivity contribution in [3.8, 4) is 0 Å². The first-order chi connectivity index (χ1) is 8.50. The minimum Gasteiger partial charge on any atom is -0.396 e. The molecule has 100 valence electrons. The Morgan fingerprint density at radius 3 is 2.89 bits per heavy atom. The molecule has 1 aromatic heterocycles. The van der Waals surface area contributed by atoms with E-state index in [0.29, 0.717) is 18.6 Å². The molecule has 0 aliphatic carbocycles. The molecule has 1 atom stereocenters. The minimum atomic E-state index is -0.594. The molecule has 0 aliphatic heterocycles. The lowest BCUT2D eigenvalue weighted by molar-refractivity contribution is 0.0725. The molecule has 0 saturated carbocycles. The van der Waals surface area contributed by atoms with Crippen LogP contribution in [0.2, 0.25) is 0 Å². The second-order valence-electron chi connectivity index (χ2n) is 4.31. The highest BCUT2D eigenvalue weighted by atomic mass is 79.9. The molecule has 0 radical (unpaired) electrons. The van der Waals surface area contributed by atoms with E-state index in [9.17, 15) is 4.79 Å². The van der Waals surface area contributed by atoms with E-state index in [0.717, 1.165) is 4.47 Å². The zero-order chi connectivity index (χ0) is 13.6. The average Bonchev–Trinajstić information content (AvgIpc) is 2.29. The molecular formula is C12H17BrN2O3. The second-order valence-corrected chi connectivity index (χ2v) is 5.23. The number of aliphatic hydroxyl groups is 1. The van der Waals surface area contributed by atoms with Gasteiger partial charge in [0.1, 0.15) is 0 Å². The molecule has 2 N–H and O–H groups in total. The van der Waals surface area contributed by atoms with Gasteiger partial charge in [-0.05, 0) is 35.3 Å². The van der Waals surface area contributed by atoms with E-state index in [1.807, 2.05) is 6.92 Å². The van der Waals surface area contributed by atoms with Gasteiger partial charge < -0.3 is 15.2 Å². The summed E-state index contributed by atoms with van der Waals surface area (Å²) in [6, 6.07) is 1.69. The third-order valence-corrected chi connectivity index (χ3v) is 2.94. The number of aromatic nitrogens is 1. The van der Waals surface area contributed by atoms with Crippen molar-refractivity contribution in [2.45, 2.75) is 18.9 Å². The zero-order valence-corrected chi connectivity index (χ0v) is 12.0. The van der Waals surface area contributed by atoms with Gasteiger partial charge in [0.05, 0.1) is 17.7 Å². The molecule has 1 heterocycles. The number of nitrogens with one attached hydrogen (secondary N) is 1. The number of pyridine rings is 1. The average molecular weight is 317 g/mol. The van der Waals surface area contributed by atoms with Gasteiger partial charge in [0.15, 0.2) is 0 Å². The summed E-state index contributed by atoms with van der Waals surface area (Å²) in [5.41, 5.74) is -0.132. The lowest BCUT2D eigenvalue weighted by Crippen LogP contribution is -2.50. The van der Waals surface area contributed by atoms with Crippen molar-refractivity contribution in [2.75, 3.05) is 20.3 Å². The number of hydrogen-bond acceptors (Lipinski definition) is 4. The molecule has 18 heavy (non-hydrogen) atoms. The predicted molar refractivity (Wildman–Crippen MR) is 71.4 cm³/mol. The number of halogens is 1. The van der Waals surface area contributed by atoms with Crippen LogP contribution in [-0.4, -0.2) is 41.9 Å². The van der Waals surface area contributed by atoms with Gasteiger partial charge >= 0.3 is 0 Å². The molecule has 5 nitrogen and oxygen atoms in total. The van der Waals surface area contributed by atoms with Gasteiger partial charge in [0.2, 0.25) is 0 Å². The molecule has 0 fully saturated rings. The number of amides is 1. The van der Waals surface area contributed by atoms with Gasteiger partial charge in [-0.25, -0.2) is 0 Å². The highest BCUT2D eigenvalue weighted by molar-refractivity contribution is 9.10. The standard InChI is InChI=1S/C12H17BrN2O3/c1-12(3-4-16,8-18-2)15-11(17)9-5-10(13)7-14-6-9/h5-7,16H,3-4,8H2,1-2H3,(H,15,17). The van der Waals surface area contributed by atoms with Crippen molar-refractivity contribution < 1.29 is 14.6 Å². The van der Waals surface area contributed by atoms with Crippen molar-refractivity contribution in [2.24, 2.45) is 0 Å². The van der Waals surface area contributed by atoms with Crippen LogP contribution >= 0.6 is 15.9 Å². The fraction of sp³-hybridized carbons (Fsp3) is 0.500. The Balaban J connectivity index is 2.78. The Bertz CT molecular complexity index is 406. The lowest BCUT2D eigenvalue weighted by Gasteiger charge is -2.29. The Morgan fingerprint density at radius 1 is 1.61 bits per heavy atom. The van der Waals surface area contributed by atoms with Crippen LogP contribution in [0, 0.1) is 0 Å². The number of nitrogens with zero attached hydrogens (tertiary/aromatic N) is 1. The molecule has 0 aromatic carbocycles. The van der Waals surface area contributed by atoms with Crippen LogP contribution in [0.15, 0.2) is 22.9 Å². The first-order valence-electron chi connectivity index (χ1n) is 5.53. The van der Waals surface area contributed by atoms with Crippen molar-refractivity contribution >= 4 is 21.8 Å². The van der Waals surface area contributed by atoms with Gasteiger partial charge in [-0.15, -0.1) is 0 Å². The maximum atomic E-state index is 12.1. The monoisotopic (exact) mass is 316 g/mol. The molecule has 1 aromatic rings. The molecule has 1 amide bonds. The molecule has 1 rings (SSSR count). The van der Waals surface area contributed by atoms with Crippen LogP contribution in [0.25, 0.3) is 0 Å². The van der Waals surface area contributed by atoms with Crippen LogP contribution in [-0.2, 0) is 4.74 Å². The van der Waals surface area contributed by atoms with E-state index in [1.165, 1.54) is 6.20 Å². The van der Waals surface area contributed by atoms with E-state index in [1.54, 1.807) is 19.4 Å². The molecule has 6 heteroatoms. The predicted octanol–water partition coefficient (Wildman–Crippen LogP) is 1.36. The molecule has 0 bridgehead atoms. The maximum Gasteiger partial charge on any atom is 0.253 e. The summed E-state index contributed by atoms with van der Waals surface area (Å²) in [6.07, 6.45) is 3.53. The van der Waals surface area contributed by atoms with E-state index in [4.69, 9.17) is 9.84 Å². The second kappa shape index (κ2) is 6.82. The summed E-state index contributed by atoms with van der Waals surface area (Å²) >= 11 is 3.26. The van der Waals surface area contributed by atoms with Crippen LogP contribution in [0.5, 0.6) is 0 Å². The van der Waals surface area contributed by atoms with Crippen LogP contribution in [0.3, 0.4) is 0 Å². The first kappa shape index (κ1) is 15.1. The van der Waals surface area contributed by atoms with Gasteiger partial charge in [-0.3, -0.25) is 9.78 Å². The molecule has 1 unspecified atom stereocenters. The fourth-order valence-corrected chi connectivity index (χ4v) is 1.98. The fourth-order valence-electron chi connectivity index (χ4n) is 1.62. The van der Waals surface area contributed by atoms with Crippen molar-refractivity contribution in [3.05, 3.63) is 28.5 Å².